The molecular weight excluding hydrogens is 200 g/mol. The van der Waals surface area contributed by atoms with E-state index >= 15 is 0 Å². The Labute approximate surface area is 99.6 Å². The molecular formula is C13H26N2O. The van der Waals surface area contributed by atoms with Gasteiger partial charge in [0.2, 0.25) is 0 Å². The van der Waals surface area contributed by atoms with Gasteiger partial charge in [-0.15, -0.1) is 0 Å². The van der Waals surface area contributed by atoms with Gasteiger partial charge in [0.05, 0.1) is 6.61 Å². The fourth-order valence-corrected chi connectivity index (χ4v) is 1.97. The molecule has 0 aromatic carbocycles. The lowest BCUT2D eigenvalue weighted by Gasteiger charge is -2.21. The van der Waals surface area contributed by atoms with E-state index < -0.39 is 0 Å². The SMILES string of the molecule is COCCNCC(C)NCC1CC=CCC1. The van der Waals surface area contributed by atoms with Crippen LogP contribution in [0.15, 0.2) is 12.2 Å². The minimum Gasteiger partial charge on any atom is -0.383 e. The quantitative estimate of drug-likeness (QED) is 0.487. The molecule has 0 aliphatic heterocycles. The van der Waals surface area contributed by atoms with Gasteiger partial charge < -0.3 is 15.4 Å². The van der Waals surface area contributed by atoms with Crippen LogP contribution in [-0.4, -0.2) is 39.4 Å². The number of rotatable bonds is 8. The van der Waals surface area contributed by atoms with Gasteiger partial charge in [-0.2, -0.15) is 0 Å². The number of methoxy groups -OCH3 is 1. The lowest BCUT2D eigenvalue weighted by Crippen LogP contribution is -2.39. The van der Waals surface area contributed by atoms with Crippen LogP contribution in [0, 0.1) is 5.92 Å². The van der Waals surface area contributed by atoms with E-state index in [1.807, 2.05) is 0 Å². The maximum atomic E-state index is 4.99. The molecule has 94 valence electrons. The number of allylic oxidation sites excluding steroid dienone is 2. The van der Waals surface area contributed by atoms with Crippen LogP contribution in [0.1, 0.15) is 26.2 Å². The van der Waals surface area contributed by atoms with Gasteiger partial charge in [-0.1, -0.05) is 12.2 Å². The van der Waals surface area contributed by atoms with Crippen LogP contribution in [0.5, 0.6) is 0 Å². The van der Waals surface area contributed by atoms with Gasteiger partial charge in [0.25, 0.3) is 0 Å². The number of hydrogen-bond acceptors (Lipinski definition) is 3. The third-order valence-corrected chi connectivity index (χ3v) is 3.07. The highest BCUT2D eigenvalue weighted by Gasteiger charge is 2.10. The molecule has 0 spiro atoms. The van der Waals surface area contributed by atoms with Crippen molar-refractivity contribution in [3.05, 3.63) is 12.2 Å². The lowest BCUT2D eigenvalue weighted by molar-refractivity contribution is 0.198. The van der Waals surface area contributed by atoms with Crippen LogP contribution < -0.4 is 10.6 Å². The van der Waals surface area contributed by atoms with Crippen molar-refractivity contribution in [1.29, 1.82) is 0 Å². The molecule has 0 saturated carbocycles. The molecule has 0 heterocycles. The Balaban J connectivity index is 1.96. The Bertz CT molecular complexity index is 194. The molecule has 1 rings (SSSR count). The standard InChI is InChI=1S/C13H26N2O/c1-12(10-14-8-9-16-2)15-11-13-6-4-3-5-7-13/h3-4,12-15H,5-11H2,1-2H3. The first-order valence-corrected chi connectivity index (χ1v) is 6.41. The molecule has 16 heavy (non-hydrogen) atoms. The van der Waals surface area contributed by atoms with Gasteiger partial charge in [0.1, 0.15) is 0 Å². The van der Waals surface area contributed by atoms with Crippen LogP contribution in [0.25, 0.3) is 0 Å². The van der Waals surface area contributed by atoms with E-state index in [1.54, 1.807) is 7.11 Å². The highest BCUT2D eigenvalue weighted by atomic mass is 16.5. The molecule has 0 radical (unpaired) electrons. The molecule has 2 N–H and O–H groups in total. The molecule has 1 aliphatic carbocycles. The Hall–Kier alpha value is -0.380. The maximum Gasteiger partial charge on any atom is 0.0587 e. The maximum absolute atomic E-state index is 4.99. The van der Waals surface area contributed by atoms with Crippen molar-refractivity contribution in [3.8, 4) is 0 Å². The second-order valence-corrected chi connectivity index (χ2v) is 4.66. The average Bonchev–Trinajstić information content (AvgIpc) is 2.33. The summed E-state index contributed by atoms with van der Waals surface area (Å²) < 4.78 is 4.99. The van der Waals surface area contributed by atoms with Gasteiger partial charge in [0, 0.05) is 26.2 Å². The molecule has 0 bridgehead atoms. The van der Waals surface area contributed by atoms with Crippen LogP contribution >= 0.6 is 0 Å². The van der Waals surface area contributed by atoms with Crippen LogP contribution in [-0.2, 0) is 4.74 Å². The molecule has 0 aromatic rings. The van der Waals surface area contributed by atoms with Crippen molar-refractivity contribution in [1.82, 2.24) is 10.6 Å². The number of nitrogens with one attached hydrogen (secondary N) is 2. The van der Waals surface area contributed by atoms with Gasteiger partial charge >= 0.3 is 0 Å². The summed E-state index contributed by atoms with van der Waals surface area (Å²) >= 11 is 0. The first-order valence-electron chi connectivity index (χ1n) is 6.41. The zero-order valence-electron chi connectivity index (χ0n) is 10.7. The third kappa shape index (κ3) is 6.26. The molecule has 0 fully saturated rings. The van der Waals surface area contributed by atoms with E-state index in [4.69, 9.17) is 4.74 Å². The molecule has 0 saturated heterocycles. The second kappa shape index (κ2) is 8.74. The van der Waals surface area contributed by atoms with E-state index in [0.717, 1.165) is 32.2 Å². The molecule has 2 unspecified atom stereocenters. The average molecular weight is 226 g/mol. The minimum absolute atomic E-state index is 0.544. The molecule has 0 aromatic heterocycles. The van der Waals surface area contributed by atoms with Crippen LogP contribution in [0.2, 0.25) is 0 Å². The van der Waals surface area contributed by atoms with Crippen molar-refractivity contribution in [2.75, 3.05) is 33.4 Å². The summed E-state index contributed by atoms with van der Waals surface area (Å²) in [6.45, 7) is 6.14. The summed E-state index contributed by atoms with van der Waals surface area (Å²) in [6, 6.07) is 0.544. The fraction of sp³-hybridized carbons (Fsp3) is 0.846. The van der Waals surface area contributed by atoms with Crippen LogP contribution in [0.3, 0.4) is 0 Å². The van der Waals surface area contributed by atoms with Gasteiger partial charge in [-0.05, 0) is 38.6 Å². The minimum atomic E-state index is 0.544. The van der Waals surface area contributed by atoms with E-state index in [0.29, 0.717) is 6.04 Å². The van der Waals surface area contributed by atoms with Crippen molar-refractivity contribution >= 4 is 0 Å². The predicted octanol–water partition coefficient (Wildman–Crippen LogP) is 1.56. The summed E-state index contributed by atoms with van der Waals surface area (Å²) in [5.74, 6) is 0.839. The predicted molar refractivity (Wildman–Crippen MR) is 68.7 cm³/mol. The van der Waals surface area contributed by atoms with Gasteiger partial charge in [-0.3, -0.25) is 0 Å². The first kappa shape index (κ1) is 13.7. The number of ether oxygens (including phenoxy) is 1. The highest BCUT2D eigenvalue weighted by Crippen LogP contribution is 2.16. The van der Waals surface area contributed by atoms with E-state index in [9.17, 15) is 0 Å². The zero-order valence-corrected chi connectivity index (χ0v) is 10.7. The van der Waals surface area contributed by atoms with E-state index in [1.165, 1.54) is 19.3 Å². The highest BCUT2D eigenvalue weighted by molar-refractivity contribution is 4.90. The normalized spacial score (nSPS) is 22.2. The van der Waals surface area contributed by atoms with E-state index in [-0.39, 0.29) is 0 Å². The fourth-order valence-electron chi connectivity index (χ4n) is 1.97. The summed E-state index contributed by atoms with van der Waals surface area (Å²) in [5.41, 5.74) is 0. The monoisotopic (exact) mass is 226 g/mol. The van der Waals surface area contributed by atoms with Crippen molar-refractivity contribution in [3.63, 3.8) is 0 Å². The lowest BCUT2D eigenvalue weighted by atomic mass is 9.94. The largest absolute Gasteiger partial charge is 0.383 e. The molecule has 3 nitrogen and oxygen atoms in total. The van der Waals surface area contributed by atoms with Crippen LogP contribution in [0.4, 0.5) is 0 Å². The Morgan fingerprint density at radius 3 is 3.00 bits per heavy atom. The molecule has 0 amide bonds. The Morgan fingerprint density at radius 2 is 2.31 bits per heavy atom. The van der Waals surface area contributed by atoms with E-state index in [2.05, 4.69) is 29.7 Å². The van der Waals surface area contributed by atoms with Gasteiger partial charge in [-0.25, -0.2) is 0 Å². The van der Waals surface area contributed by atoms with Crippen molar-refractivity contribution in [2.24, 2.45) is 5.92 Å². The summed E-state index contributed by atoms with van der Waals surface area (Å²) in [5, 5.41) is 6.96. The third-order valence-electron chi connectivity index (χ3n) is 3.07. The molecule has 3 heteroatoms. The molecule has 2 atom stereocenters. The smallest absolute Gasteiger partial charge is 0.0587 e. The first-order chi connectivity index (χ1) is 7.83. The number of hydrogen-bond donors (Lipinski definition) is 2. The van der Waals surface area contributed by atoms with Gasteiger partial charge in [0.15, 0.2) is 0 Å². The zero-order chi connectivity index (χ0) is 11.6. The Morgan fingerprint density at radius 1 is 1.44 bits per heavy atom. The second-order valence-electron chi connectivity index (χ2n) is 4.66. The summed E-state index contributed by atoms with van der Waals surface area (Å²) in [6.07, 6.45) is 8.46. The summed E-state index contributed by atoms with van der Waals surface area (Å²) in [4.78, 5) is 0. The Kier molecular flexibility index (Phi) is 7.47. The summed E-state index contributed by atoms with van der Waals surface area (Å²) in [7, 11) is 1.74. The topological polar surface area (TPSA) is 33.3 Å². The van der Waals surface area contributed by atoms with Crippen molar-refractivity contribution < 1.29 is 4.74 Å². The molecule has 1 aliphatic rings. The van der Waals surface area contributed by atoms with Crippen molar-refractivity contribution in [2.45, 2.75) is 32.2 Å².